The predicted octanol–water partition coefficient (Wildman–Crippen LogP) is 5.14. The number of anilines is 2. The number of aromatic nitrogens is 1. The molecule has 0 spiro atoms. The highest BCUT2D eigenvalue weighted by Gasteiger charge is 2.26. The molecular weight excluding hydrogens is 502 g/mol. The molecule has 1 fully saturated rings. The third-order valence-corrected chi connectivity index (χ3v) is 8.76. The van der Waals surface area contributed by atoms with Gasteiger partial charge in [0.05, 0.1) is 21.9 Å². The molecule has 0 saturated heterocycles. The number of hydrogen-bond acceptors (Lipinski definition) is 7. The molecule has 4 rings (SSSR count). The van der Waals surface area contributed by atoms with Gasteiger partial charge in [-0.05, 0) is 56.2 Å². The Balaban J connectivity index is 1.42. The van der Waals surface area contributed by atoms with Crippen LogP contribution in [0.4, 0.5) is 15.6 Å². The normalized spacial score (nSPS) is 13.9. The first-order valence-corrected chi connectivity index (χ1v) is 13.8. The number of nitrogens with one attached hydrogen (secondary N) is 2. The maximum absolute atomic E-state index is 13.0. The van der Waals surface area contributed by atoms with Gasteiger partial charge >= 0.3 is 12.0 Å². The molecule has 9 nitrogen and oxygen atoms in total. The minimum atomic E-state index is -3.74. The van der Waals surface area contributed by atoms with Crippen molar-refractivity contribution in [3.05, 3.63) is 70.2 Å². The Bertz CT molecular complexity index is 1410. The van der Waals surface area contributed by atoms with E-state index >= 15 is 0 Å². The van der Waals surface area contributed by atoms with Crippen LogP contribution in [0.15, 0.2) is 53.6 Å². The number of aromatic carboxylic acids is 1. The maximum Gasteiger partial charge on any atom is 0.335 e. The third kappa shape index (κ3) is 5.97. The van der Waals surface area contributed by atoms with Crippen molar-refractivity contribution >= 4 is 49.8 Å². The summed E-state index contributed by atoms with van der Waals surface area (Å²) in [5, 5.41) is 14.5. The summed E-state index contributed by atoms with van der Waals surface area (Å²) in [6, 6.07) is 9.67. The second-order valence-electron chi connectivity index (χ2n) is 8.69. The summed E-state index contributed by atoms with van der Waals surface area (Å²) in [5.74, 6) is -1.49. The van der Waals surface area contributed by atoms with E-state index < -0.39 is 21.8 Å². The van der Waals surface area contributed by atoms with Gasteiger partial charge in [-0.25, -0.2) is 23.0 Å². The minimum Gasteiger partial charge on any atom is -0.478 e. The zero-order valence-corrected chi connectivity index (χ0v) is 21.1. The molecule has 0 aliphatic heterocycles. The van der Waals surface area contributed by atoms with Crippen molar-refractivity contribution in [1.82, 2.24) is 4.98 Å². The fraction of sp³-hybridized carbons (Fsp3) is 0.280. The van der Waals surface area contributed by atoms with Crippen molar-refractivity contribution in [2.75, 3.05) is 10.6 Å². The average molecular weight is 528 g/mol. The topological polar surface area (TPSA) is 143 Å². The number of nitrogens with zero attached hydrogens (tertiary/aromatic N) is 1. The quantitative estimate of drug-likeness (QED) is 0.344. The number of benzene rings is 2. The average Bonchev–Trinajstić information content (AvgIpc) is 3.52. The molecule has 1 aromatic heterocycles. The number of sulfone groups is 1. The van der Waals surface area contributed by atoms with Crippen LogP contribution >= 0.6 is 11.3 Å². The molecule has 1 aliphatic carbocycles. The smallest absolute Gasteiger partial charge is 0.335 e. The number of amides is 2. The summed E-state index contributed by atoms with van der Waals surface area (Å²) >= 11 is 1.01. The Labute approximate surface area is 212 Å². The van der Waals surface area contributed by atoms with Crippen molar-refractivity contribution in [3.8, 4) is 0 Å². The lowest BCUT2D eigenvalue weighted by atomic mass is 9.94. The van der Waals surface area contributed by atoms with E-state index in [0.717, 1.165) is 42.6 Å². The third-order valence-electron chi connectivity index (χ3n) is 5.98. The van der Waals surface area contributed by atoms with E-state index in [1.165, 1.54) is 30.5 Å². The molecule has 3 N–H and O–H groups in total. The van der Waals surface area contributed by atoms with Crippen LogP contribution in [0.2, 0.25) is 0 Å². The zero-order chi connectivity index (χ0) is 25.9. The van der Waals surface area contributed by atoms with Crippen molar-refractivity contribution in [3.63, 3.8) is 0 Å². The summed E-state index contributed by atoms with van der Waals surface area (Å²) in [6.07, 6.45) is 5.13. The van der Waals surface area contributed by atoms with Gasteiger partial charge in [0.2, 0.25) is 0 Å². The lowest BCUT2D eigenvalue weighted by Gasteiger charge is -2.14. The highest BCUT2D eigenvalue weighted by Crippen LogP contribution is 2.31. The lowest BCUT2D eigenvalue weighted by molar-refractivity contribution is 0.0696. The van der Waals surface area contributed by atoms with Gasteiger partial charge in [0.25, 0.3) is 0 Å². The molecule has 0 atom stereocenters. The first-order chi connectivity index (χ1) is 17.1. The number of carbonyl (C=O) groups excluding carboxylic acids is 2. The Morgan fingerprint density at radius 3 is 2.42 bits per heavy atom. The highest BCUT2D eigenvalue weighted by molar-refractivity contribution is 7.90. The van der Waals surface area contributed by atoms with E-state index in [2.05, 4.69) is 15.6 Å². The van der Waals surface area contributed by atoms with E-state index in [0.29, 0.717) is 16.1 Å². The van der Waals surface area contributed by atoms with Gasteiger partial charge in [0.1, 0.15) is 0 Å². The highest BCUT2D eigenvalue weighted by atomic mass is 32.2. The molecule has 1 heterocycles. The van der Waals surface area contributed by atoms with E-state index in [-0.39, 0.29) is 33.0 Å². The second-order valence-corrected chi connectivity index (χ2v) is 11.8. The van der Waals surface area contributed by atoms with Crippen LogP contribution in [0.1, 0.15) is 56.8 Å². The van der Waals surface area contributed by atoms with Crippen molar-refractivity contribution in [1.29, 1.82) is 0 Å². The van der Waals surface area contributed by atoms with Crippen LogP contribution in [-0.2, 0) is 15.6 Å². The molecule has 2 amide bonds. The Hall–Kier alpha value is -3.57. The van der Waals surface area contributed by atoms with Crippen LogP contribution < -0.4 is 10.6 Å². The number of urea groups is 1. The molecule has 188 valence electrons. The van der Waals surface area contributed by atoms with Gasteiger partial charge in [0, 0.05) is 22.6 Å². The SMILES string of the molecule is Cc1ccc(NC(=O)Nc2ncc(CS(=O)(=O)c3ccc(C(=O)O)cc3)s2)c(C(=O)C2CCCC2)c1. The van der Waals surface area contributed by atoms with Crippen LogP contribution in [0.5, 0.6) is 0 Å². The number of carboxylic acids is 1. The molecule has 0 radical (unpaired) electrons. The second kappa shape index (κ2) is 10.6. The molecule has 1 aliphatic rings. The van der Waals surface area contributed by atoms with Crippen LogP contribution in [0.25, 0.3) is 0 Å². The van der Waals surface area contributed by atoms with Gasteiger partial charge in [-0.2, -0.15) is 0 Å². The Morgan fingerprint density at radius 1 is 1.06 bits per heavy atom. The summed E-state index contributed by atoms with van der Waals surface area (Å²) in [5.41, 5.74) is 1.81. The minimum absolute atomic E-state index is 0.00742. The fourth-order valence-corrected chi connectivity index (χ4v) is 6.61. The van der Waals surface area contributed by atoms with E-state index in [1.54, 1.807) is 12.1 Å². The lowest BCUT2D eigenvalue weighted by Crippen LogP contribution is -2.22. The molecule has 36 heavy (non-hydrogen) atoms. The molecule has 0 bridgehead atoms. The molecule has 2 aromatic carbocycles. The fourth-order valence-electron chi connectivity index (χ4n) is 4.14. The number of Topliss-reactive ketones (excluding diaryl/α,β-unsaturated/α-hetero) is 1. The molecule has 0 unspecified atom stereocenters. The standard InChI is InChI=1S/C25H25N3O6S2/c1-15-6-11-21(20(12-15)22(29)16-4-2-3-5-16)27-24(32)28-25-26-13-18(35-25)14-36(33,34)19-9-7-17(8-10-19)23(30)31/h6-13,16H,2-5,14H2,1H3,(H,30,31)(H2,26,27,28,32). The van der Waals surface area contributed by atoms with E-state index in [1.807, 2.05) is 13.0 Å². The summed E-state index contributed by atoms with van der Waals surface area (Å²) in [4.78, 5) is 41.1. The largest absolute Gasteiger partial charge is 0.478 e. The van der Waals surface area contributed by atoms with Gasteiger partial charge in [0.15, 0.2) is 20.8 Å². The van der Waals surface area contributed by atoms with E-state index in [4.69, 9.17) is 5.11 Å². The number of hydrogen-bond donors (Lipinski definition) is 3. The predicted molar refractivity (Wildman–Crippen MR) is 137 cm³/mol. The van der Waals surface area contributed by atoms with Gasteiger partial charge in [-0.3, -0.25) is 10.1 Å². The Morgan fingerprint density at radius 2 is 1.75 bits per heavy atom. The van der Waals surface area contributed by atoms with Crippen LogP contribution in [0.3, 0.4) is 0 Å². The summed E-state index contributed by atoms with van der Waals surface area (Å²) < 4.78 is 25.4. The molecular formula is C25H25N3O6S2. The maximum atomic E-state index is 13.0. The number of carboxylic acid groups (broad SMARTS) is 1. The number of ketones is 1. The van der Waals surface area contributed by atoms with Crippen molar-refractivity contribution in [2.24, 2.45) is 5.92 Å². The summed E-state index contributed by atoms with van der Waals surface area (Å²) in [7, 11) is -3.74. The van der Waals surface area contributed by atoms with Crippen LogP contribution in [0, 0.1) is 12.8 Å². The first kappa shape index (κ1) is 25.5. The van der Waals surface area contributed by atoms with Gasteiger partial charge in [-0.1, -0.05) is 24.5 Å². The number of thiazole rings is 1. The van der Waals surface area contributed by atoms with Gasteiger partial charge in [-0.15, -0.1) is 11.3 Å². The van der Waals surface area contributed by atoms with Crippen LogP contribution in [-0.4, -0.2) is 36.3 Å². The number of rotatable bonds is 8. The Kier molecular flexibility index (Phi) is 7.51. The van der Waals surface area contributed by atoms with Gasteiger partial charge < -0.3 is 10.4 Å². The molecule has 3 aromatic rings. The van der Waals surface area contributed by atoms with Crippen molar-refractivity contribution < 1.29 is 27.9 Å². The monoisotopic (exact) mass is 527 g/mol. The summed E-state index contributed by atoms with van der Waals surface area (Å²) in [6.45, 7) is 1.89. The number of aryl methyl sites for hydroxylation is 1. The molecule has 1 saturated carbocycles. The molecule has 11 heteroatoms. The number of carbonyl (C=O) groups is 3. The van der Waals surface area contributed by atoms with Crippen molar-refractivity contribution in [2.45, 2.75) is 43.3 Å². The zero-order valence-electron chi connectivity index (χ0n) is 19.5. The van der Waals surface area contributed by atoms with E-state index in [9.17, 15) is 22.8 Å². The first-order valence-electron chi connectivity index (χ1n) is 11.4.